The van der Waals surface area contributed by atoms with Crippen molar-refractivity contribution in [3.63, 3.8) is 0 Å². The predicted octanol–water partition coefficient (Wildman–Crippen LogP) is 3.17. The van der Waals surface area contributed by atoms with E-state index in [1.165, 1.54) is 18.5 Å². The number of carbonyl (C=O) groups is 1. The number of benzene rings is 2. The third kappa shape index (κ3) is 6.66. The molecule has 164 valence electrons. The van der Waals surface area contributed by atoms with Gasteiger partial charge in [-0.05, 0) is 30.0 Å². The SMILES string of the molecule is COc1ccc(OC)c(N(CCCC(=O)NC[C@H](C)c2ccccc2)S(C)(=O)=O)c1. The molecule has 8 heteroatoms. The maximum atomic E-state index is 12.4. The fourth-order valence-electron chi connectivity index (χ4n) is 3.09. The molecule has 0 saturated heterocycles. The van der Waals surface area contributed by atoms with E-state index in [1.807, 2.05) is 30.3 Å². The lowest BCUT2D eigenvalue weighted by atomic mass is 10.0. The topological polar surface area (TPSA) is 84.9 Å². The van der Waals surface area contributed by atoms with Crippen molar-refractivity contribution in [3.8, 4) is 11.5 Å². The molecule has 0 unspecified atom stereocenters. The fraction of sp³-hybridized carbons (Fsp3) is 0.409. The van der Waals surface area contributed by atoms with Gasteiger partial charge in [0.25, 0.3) is 0 Å². The second-order valence-corrected chi connectivity index (χ2v) is 9.00. The number of nitrogens with one attached hydrogen (secondary N) is 1. The molecule has 7 nitrogen and oxygen atoms in total. The highest BCUT2D eigenvalue weighted by atomic mass is 32.2. The zero-order valence-corrected chi connectivity index (χ0v) is 18.7. The second-order valence-electron chi connectivity index (χ2n) is 7.09. The lowest BCUT2D eigenvalue weighted by molar-refractivity contribution is -0.121. The first-order valence-electron chi connectivity index (χ1n) is 9.77. The summed E-state index contributed by atoms with van der Waals surface area (Å²) in [6, 6.07) is 14.9. The van der Waals surface area contributed by atoms with E-state index in [-0.39, 0.29) is 24.8 Å². The summed E-state index contributed by atoms with van der Waals surface area (Å²) in [6.07, 6.45) is 1.73. The van der Waals surface area contributed by atoms with Gasteiger partial charge in [-0.15, -0.1) is 0 Å². The normalized spacial score (nSPS) is 12.1. The highest BCUT2D eigenvalue weighted by Gasteiger charge is 2.22. The zero-order valence-electron chi connectivity index (χ0n) is 17.9. The van der Waals surface area contributed by atoms with E-state index in [0.29, 0.717) is 30.2 Å². The van der Waals surface area contributed by atoms with Gasteiger partial charge in [-0.25, -0.2) is 8.42 Å². The van der Waals surface area contributed by atoms with Crippen LogP contribution in [-0.2, 0) is 14.8 Å². The Morgan fingerprint density at radius 1 is 1.10 bits per heavy atom. The molecule has 0 spiro atoms. The quantitative estimate of drug-likeness (QED) is 0.587. The number of methoxy groups -OCH3 is 2. The first kappa shape index (κ1) is 23.5. The number of nitrogens with zero attached hydrogens (tertiary/aromatic N) is 1. The van der Waals surface area contributed by atoms with Crippen LogP contribution in [0.15, 0.2) is 48.5 Å². The molecule has 1 amide bonds. The van der Waals surface area contributed by atoms with Crippen molar-refractivity contribution in [2.24, 2.45) is 0 Å². The molecule has 0 aliphatic heterocycles. The standard InChI is InChI=1S/C22H30N2O5S/c1-17(18-9-6-5-7-10-18)16-23-22(25)11-8-14-24(30(4,26)27)20-15-19(28-2)12-13-21(20)29-3/h5-7,9-10,12-13,15,17H,8,11,14,16H2,1-4H3,(H,23,25)/t17-/m0/s1. The van der Waals surface area contributed by atoms with Crippen molar-refractivity contribution >= 4 is 21.6 Å². The Morgan fingerprint density at radius 2 is 1.80 bits per heavy atom. The molecule has 0 bridgehead atoms. The average Bonchev–Trinajstić information content (AvgIpc) is 2.74. The summed E-state index contributed by atoms with van der Waals surface area (Å²) in [5.74, 6) is 1.03. The molecule has 30 heavy (non-hydrogen) atoms. The summed E-state index contributed by atoms with van der Waals surface area (Å²) < 4.78 is 36.5. The Bertz CT molecular complexity index is 932. The second kappa shape index (κ2) is 10.9. The number of anilines is 1. The average molecular weight is 435 g/mol. The molecule has 0 aliphatic carbocycles. The Balaban J connectivity index is 1.97. The molecule has 0 aromatic heterocycles. The summed E-state index contributed by atoms with van der Waals surface area (Å²) in [4.78, 5) is 12.2. The minimum absolute atomic E-state index is 0.108. The van der Waals surface area contributed by atoms with E-state index < -0.39 is 10.0 Å². The van der Waals surface area contributed by atoms with Gasteiger partial charge in [0.05, 0.1) is 26.2 Å². The molecule has 1 atom stereocenters. The lowest BCUT2D eigenvalue weighted by Crippen LogP contribution is -2.33. The Labute approximate surface area is 179 Å². The number of rotatable bonds is 11. The van der Waals surface area contributed by atoms with Crippen molar-refractivity contribution in [1.29, 1.82) is 0 Å². The van der Waals surface area contributed by atoms with Crippen LogP contribution in [0.25, 0.3) is 0 Å². The number of ether oxygens (including phenoxy) is 2. The number of sulfonamides is 1. The van der Waals surface area contributed by atoms with Crippen molar-refractivity contribution in [2.75, 3.05) is 37.9 Å². The smallest absolute Gasteiger partial charge is 0.232 e. The summed E-state index contributed by atoms with van der Waals surface area (Å²) in [7, 11) is -0.579. The molecule has 0 saturated carbocycles. The van der Waals surface area contributed by atoms with Crippen molar-refractivity contribution < 1.29 is 22.7 Å². The van der Waals surface area contributed by atoms with Crippen LogP contribution in [-0.4, -0.2) is 47.9 Å². The van der Waals surface area contributed by atoms with Crippen LogP contribution >= 0.6 is 0 Å². The first-order chi connectivity index (χ1) is 14.3. The molecule has 0 aliphatic rings. The number of carbonyl (C=O) groups excluding carboxylic acids is 1. The maximum absolute atomic E-state index is 12.4. The Hall–Kier alpha value is -2.74. The monoisotopic (exact) mass is 434 g/mol. The van der Waals surface area contributed by atoms with Crippen LogP contribution in [0.5, 0.6) is 11.5 Å². The van der Waals surface area contributed by atoms with E-state index in [0.717, 1.165) is 11.8 Å². The molecular formula is C22H30N2O5S. The van der Waals surface area contributed by atoms with Crippen molar-refractivity contribution in [1.82, 2.24) is 5.32 Å². The van der Waals surface area contributed by atoms with Crippen molar-refractivity contribution in [2.45, 2.75) is 25.7 Å². The predicted molar refractivity (Wildman–Crippen MR) is 119 cm³/mol. The molecule has 1 N–H and O–H groups in total. The van der Waals surface area contributed by atoms with Crippen LogP contribution in [0.1, 0.15) is 31.2 Å². The van der Waals surface area contributed by atoms with E-state index >= 15 is 0 Å². The van der Waals surface area contributed by atoms with Gasteiger partial charge in [0.15, 0.2) is 0 Å². The molecule has 2 aromatic rings. The maximum Gasteiger partial charge on any atom is 0.232 e. The molecule has 0 heterocycles. The highest BCUT2D eigenvalue weighted by molar-refractivity contribution is 7.92. The number of amides is 1. The summed E-state index contributed by atoms with van der Waals surface area (Å²) in [6.45, 7) is 2.74. The Morgan fingerprint density at radius 3 is 2.40 bits per heavy atom. The van der Waals surface area contributed by atoms with E-state index in [1.54, 1.807) is 18.2 Å². The highest BCUT2D eigenvalue weighted by Crippen LogP contribution is 2.33. The van der Waals surface area contributed by atoms with Crippen LogP contribution in [0.3, 0.4) is 0 Å². The zero-order chi connectivity index (χ0) is 22.1. The van der Waals surface area contributed by atoms with E-state index in [4.69, 9.17) is 9.47 Å². The fourth-order valence-corrected chi connectivity index (χ4v) is 4.06. The lowest BCUT2D eigenvalue weighted by Gasteiger charge is -2.24. The van der Waals surface area contributed by atoms with Gasteiger partial charge in [0.2, 0.25) is 15.9 Å². The van der Waals surface area contributed by atoms with Gasteiger partial charge >= 0.3 is 0 Å². The van der Waals surface area contributed by atoms with Crippen LogP contribution in [0, 0.1) is 0 Å². The van der Waals surface area contributed by atoms with Crippen LogP contribution in [0.4, 0.5) is 5.69 Å². The molecule has 2 aromatic carbocycles. The summed E-state index contributed by atoms with van der Waals surface area (Å²) in [5, 5.41) is 2.92. The minimum atomic E-state index is -3.57. The van der Waals surface area contributed by atoms with Gasteiger partial charge in [-0.1, -0.05) is 37.3 Å². The molecule has 0 radical (unpaired) electrons. The van der Waals surface area contributed by atoms with Gasteiger partial charge in [0.1, 0.15) is 11.5 Å². The number of hydrogen-bond donors (Lipinski definition) is 1. The van der Waals surface area contributed by atoms with Crippen LogP contribution < -0.4 is 19.1 Å². The van der Waals surface area contributed by atoms with E-state index in [2.05, 4.69) is 12.2 Å². The Kier molecular flexibility index (Phi) is 8.53. The molecular weight excluding hydrogens is 404 g/mol. The first-order valence-corrected chi connectivity index (χ1v) is 11.6. The van der Waals surface area contributed by atoms with Gasteiger partial charge < -0.3 is 14.8 Å². The molecule has 0 fully saturated rings. The van der Waals surface area contributed by atoms with Gasteiger partial charge in [0, 0.05) is 25.6 Å². The number of hydrogen-bond acceptors (Lipinski definition) is 5. The summed E-state index contributed by atoms with van der Waals surface area (Å²) >= 11 is 0. The van der Waals surface area contributed by atoms with Gasteiger partial charge in [-0.2, -0.15) is 0 Å². The largest absolute Gasteiger partial charge is 0.497 e. The summed E-state index contributed by atoms with van der Waals surface area (Å²) in [5.41, 5.74) is 1.55. The van der Waals surface area contributed by atoms with Gasteiger partial charge in [-0.3, -0.25) is 9.10 Å². The van der Waals surface area contributed by atoms with Crippen molar-refractivity contribution in [3.05, 3.63) is 54.1 Å². The third-order valence-electron chi connectivity index (χ3n) is 4.79. The minimum Gasteiger partial charge on any atom is -0.497 e. The van der Waals surface area contributed by atoms with Crippen LogP contribution in [0.2, 0.25) is 0 Å². The van der Waals surface area contributed by atoms with E-state index in [9.17, 15) is 13.2 Å². The molecule has 2 rings (SSSR count). The third-order valence-corrected chi connectivity index (χ3v) is 5.97.